The second-order valence-electron chi connectivity index (χ2n) is 5.99. The van der Waals surface area contributed by atoms with Crippen molar-refractivity contribution < 1.29 is 9.53 Å². The van der Waals surface area contributed by atoms with Gasteiger partial charge in [0.25, 0.3) is 0 Å². The van der Waals surface area contributed by atoms with Gasteiger partial charge in [0, 0.05) is 13.0 Å². The first-order chi connectivity index (χ1) is 10.7. The first-order valence-corrected chi connectivity index (χ1v) is 8.61. The maximum Gasteiger partial charge on any atom is 0.220 e. The highest BCUT2D eigenvalue weighted by atomic mass is 16.5. The van der Waals surface area contributed by atoms with Crippen molar-refractivity contribution in [3.05, 3.63) is 29.8 Å². The van der Waals surface area contributed by atoms with Crippen LogP contribution in [0.3, 0.4) is 0 Å². The monoisotopic (exact) mass is 305 g/mol. The summed E-state index contributed by atoms with van der Waals surface area (Å²) in [4.78, 5) is 11.8. The number of ether oxygens (including phenoxy) is 1. The maximum absolute atomic E-state index is 11.8. The molecule has 0 unspecified atom stereocenters. The zero-order valence-electron chi connectivity index (χ0n) is 14.4. The van der Waals surface area contributed by atoms with Gasteiger partial charge in [-0.1, -0.05) is 50.8 Å². The lowest BCUT2D eigenvalue weighted by Crippen LogP contribution is -2.29. The van der Waals surface area contributed by atoms with E-state index >= 15 is 0 Å². The van der Waals surface area contributed by atoms with Gasteiger partial charge in [-0.25, -0.2) is 0 Å². The highest BCUT2D eigenvalue weighted by Gasteiger charge is 2.08. The van der Waals surface area contributed by atoms with Gasteiger partial charge >= 0.3 is 0 Å². The van der Waals surface area contributed by atoms with E-state index in [-0.39, 0.29) is 5.91 Å². The summed E-state index contributed by atoms with van der Waals surface area (Å²) in [7, 11) is 0. The molecule has 0 saturated heterocycles. The van der Waals surface area contributed by atoms with Crippen molar-refractivity contribution >= 4 is 5.91 Å². The Labute approximate surface area is 135 Å². The molecule has 0 heterocycles. The van der Waals surface area contributed by atoms with Crippen molar-refractivity contribution in [1.29, 1.82) is 0 Å². The van der Waals surface area contributed by atoms with Crippen LogP contribution in [-0.4, -0.2) is 19.1 Å². The van der Waals surface area contributed by atoms with Crippen LogP contribution < -0.4 is 10.1 Å². The number of hydrogen-bond acceptors (Lipinski definition) is 2. The van der Waals surface area contributed by atoms with Gasteiger partial charge in [-0.2, -0.15) is 0 Å². The number of carbonyl (C=O) groups is 1. The van der Waals surface area contributed by atoms with Gasteiger partial charge in [-0.15, -0.1) is 0 Å². The van der Waals surface area contributed by atoms with E-state index in [1.54, 1.807) is 0 Å². The highest BCUT2D eigenvalue weighted by molar-refractivity contribution is 5.75. The van der Waals surface area contributed by atoms with Gasteiger partial charge < -0.3 is 10.1 Å². The lowest BCUT2D eigenvalue weighted by Gasteiger charge is -2.15. The number of benzene rings is 1. The highest BCUT2D eigenvalue weighted by Crippen LogP contribution is 2.12. The summed E-state index contributed by atoms with van der Waals surface area (Å²) in [6, 6.07) is 8.00. The number of carbonyl (C=O) groups excluding carboxylic acids is 1. The Hall–Kier alpha value is -1.51. The predicted molar refractivity (Wildman–Crippen MR) is 92.2 cm³/mol. The average molecular weight is 305 g/mol. The standard InChI is InChI=1S/C19H31NO2/c1-4-6-8-17(5-2)15-20-19(21)9-7-14-22-18-12-10-16(3)11-13-18/h10-13,17H,4-9,14-15H2,1-3H3,(H,20,21)/t17-/m1/s1. The van der Waals surface area contributed by atoms with Gasteiger partial charge in [0.05, 0.1) is 6.61 Å². The lowest BCUT2D eigenvalue weighted by atomic mass is 9.99. The van der Waals surface area contributed by atoms with Crippen LogP contribution in [0.2, 0.25) is 0 Å². The first kappa shape index (κ1) is 18.5. The number of aryl methyl sites for hydroxylation is 1. The van der Waals surface area contributed by atoms with E-state index in [4.69, 9.17) is 4.74 Å². The third-order valence-electron chi connectivity index (χ3n) is 3.97. The van der Waals surface area contributed by atoms with Crippen LogP contribution in [0.1, 0.15) is 57.9 Å². The molecule has 0 bridgehead atoms. The fourth-order valence-electron chi connectivity index (χ4n) is 2.35. The van der Waals surface area contributed by atoms with Gasteiger partial charge in [0.15, 0.2) is 0 Å². The second kappa shape index (κ2) is 11.1. The molecule has 1 atom stereocenters. The molecular weight excluding hydrogens is 274 g/mol. The van der Waals surface area contributed by atoms with E-state index in [9.17, 15) is 4.79 Å². The van der Waals surface area contributed by atoms with Gasteiger partial charge in [-0.3, -0.25) is 4.79 Å². The Kier molecular flexibility index (Phi) is 9.36. The molecule has 0 aliphatic carbocycles. The Balaban J connectivity index is 2.11. The summed E-state index contributed by atoms with van der Waals surface area (Å²) in [6.45, 7) is 7.86. The van der Waals surface area contributed by atoms with E-state index in [2.05, 4.69) is 26.1 Å². The van der Waals surface area contributed by atoms with E-state index < -0.39 is 0 Å². The fraction of sp³-hybridized carbons (Fsp3) is 0.632. The summed E-state index contributed by atoms with van der Waals surface area (Å²) in [5.74, 6) is 1.63. The summed E-state index contributed by atoms with van der Waals surface area (Å²) in [6.07, 6.45) is 6.11. The normalized spacial score (nSPS) is 12.0. The zero-order valence-corrected chi connectivity index (χ0v) is 14.4. The quantitative estimate of drug-likeness (QED) is 0.612. The summed E-state index contributed by atoms with van der Waals surface area (Å²) >= 11 is 0. The minimum Gasteiger partial charge on any atom is -0.494 e. The van der Waals surface area contributed by atoms with Crippen LogP contribution in [0.4, 0.5) is 0 Å². The fourth-order valence-corrected chi connectivity index (χ4v) is 2.35. The molecule has 1 aromatic rings. The van der Waals surface area contributed by atoms with Crippen LogP contribution in [0.15, 0.2) is 24.3 Å². The van der Waals surface area contributed by atoms with Crippen molar-refractivity contribution in [2.75, 3.05) is 13.2 Å². The van der Waals surface area contributed by atoms with Crippen molar-refractivity contribution in [1.82, 2.24) is 5.32 Å². The summed E-state index contributed by atoms with van der Waals surface area (Å²) < 4.78 is 5.63. The predicted octanol–water partition coefficient (Wildman–Crippen LogP) is 4.49. The van der Waals surface area contributed by atoms with E-state index in [1.807, 2.05) is 24.3 Å². The molecule has 1 amide bonds. The van der Waals surface area contributed by atoms with E-state index in [0.29, 0.717) is 18.9 Å². The molecule has 0 aliphatic rings. The van der Waals surface area contributed by atoms with Crippen molar-refractivity contribution in [3.63, 3.8) is 0 Å². The molecule has 0 aromatic heterocycles. The Morgan fingerprint density at radius 1 is 1.18 bits per heavy atom. The summed E-state index contributed by atoms with van der Waals surface area (Å²) in [5, 5.41) is 3.05. The average Bonchev–Trinajstić information content (AvgIpc) is 2.53. The van der Waals surface area contributed by atoms with Crippen LogP contribution in [0.25, 0.3) is 0 Å². The number of rotatable bonds is 11. The van der Waals surface area contributed by atoms with E-state index in [1.165, 1.54) is 24.8 Å². The molecule has 0 radical (unpaired) electrons. The molecule has 22 heavy (non-hydrogen) atoms. The SMILES string of the molecule is CCCC[C@@H](CC)CNC(=O)CCCOc1ccc(C)cc1. The van der Waals surface area contributed by atoms with Gasteiger partial charge in [0.1, 0.15) is 5.75 Å². The topological polar surface area (TPSA) is 38.3 Å². The molecule has 3 nitrogen and oxygen atoms in total. The Morgan fingerprint density at radius 2 is 1.91 bits per heavy atom. The number of unbranched alkanes of at least 4 members (excludes halogenated alkanes) is 1. The van der Waals surface area contributed by atoms with Crippen LogP contribution >= 0.6 is 0 Å². The zero-order chi connectivity index (χ0) is 16.2. The van der Waals surface area contributed by atoms with Crippen LogP contribution in [-0.2, 0) is 4.79 Å². The molecule has 0 aliphatic heterocycles. The molecule has 0 spiro atoms. The second-order valence-corrected chi connectivity index (χ2v) is 5.99. The lowest BCUT2D eigenvalue weighted by molar-refractivity contribution is -0.121. The molecule has 3 heteroatoms. The molecule has 124 valence electrons. The number of amides is 1. The van der Waals surface area contributed by atoms with Crippen LogP contribution in [0.5, 0.6) is 5.75 Å². The first-order valence-electron chi connectivity index (χ1n) is 8.61. The molecule has 0 saturated carbocycles. The molecule has 1 aromatic carbocycles. The molecule has 0 fully saturated rings. The third kappa shape index (κ3) is 8.06. The summed E-state index contributed by atoms with van der Waals surface area (Å²) in [5.41, 5.74) is 1.22. The molecule has 1 N–H and O–H groups in total. The Bertz CT molecular complexity index is 414. The van der Waals surface area contributed by atoms with Gasteiger partial charge in [-0.05, 0) is 37.8 Å². The number of nitrogens with one attached hydrogen (secondary N) is 1. The smallest absolute Gasteiger partial charge is 0.220 e. The minimum atomic E-state index is 0.141. The van der Waals surface area contributed by atoms with Crippen molar-refractivity contribution in [2.24, 2.45) is 5.92 Å². The Morgan fingerprint density at radius 3 is 2.55 bits per heavy atom. The maximum atomic E-state index is 11.8. The van der Waals surface area contributed by atoms with E-state index in [0.717, 1.165) is 25.1 Å². The molecule has 1 rings (SSSR count). The largest absolute Gasteiger partial charge is 0.494 e. The van der Waals surface area contributed by atoms with Crippen LogP contribution in [0, 0.1) is 12.8 Å². The molecular formula is C19H31NO2. The van der Waals surface area contributed by atoms with Crippen molar-refractivity contribution in [2.45, 2.75) is 59.3 Å². The third-order valence-corrected chi connectivity index (χ3v) is 3.97. The number of hydrogen-bond donors (Lipinski definition) is 1. The van der Waals surface area contributed by atoms with Gasteiger partial charge in [0.2, 0.25) is 5.91 Å². The minimum absolute atomic E-state index is 0.141. The van der Waals surface area contributed by atoms with Crippen molar-refractivity contribution in [3.8, 4) is 5.75 Å².